The molecule has 17 heteroatoms. The molecule has 1 fully saturated rings. The highest BCUT2D eigenvalue weighted by Gasteiger charge is 2.41. The average molecular weight is 672 g/mol. The normalized spacial score (nSPS) is 16.2. The minimum Gasteiger partial charge on any atom is -0.406 e. The third-order valence-corrected chi connectivity index (χ3v) is 9.02. The molecule has 1 saturated heterocycles. The molecule has 0 saturated carbocycles. The SMILES string of the molecule is CCC(F)(F)c1ccc(CNC(=O)[C@H]2CN(C(=O)Nc3ccnc(CO)c3)CCN2S(=O)(=O)c2ccc(OC(F)(F)F)cc2)cc1. The molecule has 11 nitrogen and oxygen atoms in total. The number of rotatable bonds is 10. The number of carbonyl (C=O) groups excluding carboxylic acids is 2. The molecular formula is C29H30F5N5O6S. The van der Waals surface area contributed by atoms with E-state index in [-0.39, 0.29) is 37.5 Å². The summed E-state index contributed by atoms with van der Waals surface area (Å²) in [5.41, 5.74) is 0.812. The number of amides is 3. The number of aliphatic hydroxyl groups is 1. The van der Waals surface area contributed by atoms with E-state index in [4.69, 9.17) is 0 Å². The maximum Gasteiger partial charge on any atom is 0.573 e. The molecule has 1 atom stereocenters. The predicted molar refractivity (Wildman–Crippen MR) is 154 cm³/mol. The summed E-state index contributed by atoms with van der Waals surface area (Å²) in [6.07, 6.45) is -4.03. The van der Waals surface area contributed by atoms with Crippen molar-refractivity contribution in [1.29, 1.82) is 0 Å². The van der Waals surface area contributed by atoms with Gasteiger partial charge in [0.15, 0.2) is 0 Å². The molecule has 1 aromatic heterocycles. The van der Waals surface area contributed by atoms with Crippen LogP contribution >= 0.6 is 0 Å². The molecule has 0 spiro atoms. The summed E-state index contributed by atoms with van der Waals surface area (Å²) in [4.78, 5) is 31.3. The number of urea groups is 1. The monoisotopic (exact) mass is 671 g/mol. The average Bonchev–Trinajstić information content (AvgIpc) is 3.03. The van der Waals surface area contributed by atoms with E-state index in [1.54, 1.807) is 0 Å². The Hall–Kier alpha value is -4.35. The number of halogens is 5. The Morgan fingerprint density at radius 3 is 2.30 bits per heavy atom. The first-order valence-corrected chi connectivity index (χ1v) is 15.3. The van der Waals surface area contributed by atoms with Crippen molar-refractivity contribution < 1.29 is 49.8 Å². The molecule has 4 rings (SSSR count). The third kappa shape index (κ3) is 8.46. The van der Waals surface area contributed by atoms with E-state index in [2.05, 4.69) is 20.4 Å². The van der Waals surface area contributed by atoms with Crippen LogP contribution in [0.15, 0.2) is 71.8 Å². The zero-order valence-electron chi connectivity index (χ0n) is 24.3. The van der Waals surface area contributed by atoms with Crippen molar-refractivity contribution in [2.24, 2.45) is 0 Å². The molecule has 248 valence electrons. The molecule has 1 aliphatic heterocycles. The van der Waals surface area contributed by atoms with E-state index in [9.17, 15) is 45.1 Å². The molecule has 2 heterocycles. The number of hydrogen-bond acceptors (Lipinski definition) is 7. The van der Waals surface area contributed by atoms with Gasteiger partial charge in [0.25, 0.3) is 5.92 Å². The van der Waals surface area contributed by atoms with Crippen molar-refractivity contribution in [3.8, 4) is 5.75 Å². The van der Waals surface area contributed by atoms with Crippen molar-refractivity contribution in [3.05, 3.63) is 83.7 Å². The zero-order valence-corrected chi connectivity index (χ0v) is 25.1. The Labute approximate surface area is 261 Å². The second kappa shape index (κ2) is 14.0. The lowest BCUT2D eigenvalue weighted by Crippen LogP contribution is -2.61. The topological polar surface area (TPSA) is 141 Å². The van der Waals surface area contributed by atoms with Gasteiger partial charge in [0.1, 0.15) is 11.8 Å². The maximum atomic E-state index is 14.0. The first-order valence-electron chi connectivity index (χ1n) is 13.9. The number of anilines is 1. The quantitative estimate of drug-likeness (QED) is 0.275. The Morgan fingerprint density at radius 1 is 1.02 bits per heavy atom. The van der Waals surface area contributed by atoms with E-state index >= 15 is 0 Å². The van der Waals surface area contributed by atoms with Crippen LogP contribution in [-0.2, 0) is 33.9 Å². The van der Waals surface area contributed by atoms with Gasteiger partial charge in [-0.1, -0.05) is 31.2 Å². The van der Waals surface area contributed by atoms with Gasteiger partial charge in [-0.05, 0) is 42.0 Å². The van der Waals surface area contributed by atoms with Crippen LogP contribution in [0.4, 0.5) is 32.4 Å². The lowest BCUT2D eigenvalue weighted by Gasteiger charge is -2.39. The number of ether oxygens (including phenoxy) is 1. The minimum absolute atomic E-state index is 0.155. The summed E-state index contributed by atoms with van der Waals surface area (Å²) in [6.45, 7) is -0.113. The second-order valence-corrected chi connectivity index (χ2v) is 12.1. The fourth-order valence-electron chi connectivity index (χ4n) is 4.62. The van der Waals surface area contributed by atoms with Crippen LogP contribution in [0.2, 0.25) is 0 Å². The number of piperazine rings is 1. The molecule has 2 aromatic carbocycles. The summed E-state index contributed by atoms with van der Waals surface area (Å²) < 4.78 is 97.7. The first-order chi connectivity index (χ1) is 21.6. The number of benzene rings is 2. The number of pyridine rings is 1. The standard InChI is InChI=1S/C29H30F5N5O6S/c1-2-28(30,31)20-5-3-19(4-6-20)16-36-26(41)25-17-38(27(42)37-21-11-12-35-22(15-21)18-40)13-14-39(25)46(43,44)24-9-7-23(8-10-24)45-29(32,33)34/h3-12,15,25,40H,2,13-14,16-18H2,1H3,(H,36,41)(H,35,37,42)/t25-/m1/s1. The smallest absolute Gasteiger partial charge is 0.406 e. The van der Waals surface area contributed by atoms with E-state index in [1.807, 2.05) is 0 Å². The Balaban J connectivity index is 1.55. The van der Waals surface area contributed by atoms with Gasteiger partial charge in [-0.15, -0.1) is 13.2 Å². The molecule has 3 amide bonds. The van der Waals surface area contributed by atoms with E-state index in [0.717, 1.165) is 28.6 Å². The fraction of sp³-hybridized carbons (Fsp3) is 0.345. The van der Waals surface area contributed by atoms with Gasteiger partial charge in [0, 0.05) is 50.0 Å². The molecule has 0 unspecified atom stereocenters. The highest BCUT2D eigenvalue weighted by molar-refractivity contribution is 7.89. The number of alkyl halides is 5. The molecule has 1 aliphatic rings. The maximum absolute atomic E-state index is 14.0. The minimum atomic E-state index is -4.99. The summed E-state index contributed by atoms with van der Waals surface area (Å²) in [7, 11) is -4.48. The van der Waals surface area contributed by atoms with E-state index in [1.165, 1.54) is 54.4 Å². The predicted octanol–water partition coefficient (Wildman–Crippen LogP) is 4.20. The van der Waals surface area contributed by atoms with E-state index in [0.29, 0.717) is 11.3 Å². The fourth-order valence-corrected chi connectivity index (χ4v) is 6.19. The van der Waals surface area contributed by atoms with Crippen LogP contribution in [0, 0.1) is 0 Å². The van der Waals surface area contributed by atoms with Crippen LogP contribution < -0.4 is 15.4 Å². The van der Waals surface area contributed by atoms with Gasteiger partial charge in [-0.3, -0.25) is 9.78 Å². The number of nitrogens with zero attached hydrogens (tertiary/aromatic N) is 3. The summed E-state index contributed by atoms with van der Waals surface area (Å²) in [5.74, 6) is -4.49. The molecule has 3 aromatic rings. The molecule has 0 bridgehead atoms. The number of aromatic nitrogens is 1. The van der Waals surface area contributed by atoms with Gasteiger partial charge >= 0.3 is 12.4 Å². The van der Waals surface area contributed by atoms with Crippen LogP contribution in [0.25, 0.3) is 0 Å². The molecule has 0 aliphatic carbocycles. The number of sulfonamides is 1. The van der Waals surface area contributed by atoms with Crippen LogP contribution in [-0.4, -0.2) is 71.7 Å². The molecular weight excluding hydrogens is 641 g/mol. The summed E-state index contributed by atoms with van der Waals surface area (Å²) in [6, 6.07) is 9.43. The Kier molecular flexibility index (Phi) is 10.5. The lowest BCUT2D eigenvalue weighted by atomic mass is 10.0. The first kappa shape index (κ1) is 34.5. The number of carbonyl (C=O) groups is 2. The summed E-state index contributed by atoms with van der Waals surface area (Å²) in [5, 5.41) is 14.5. The zero-order chi connectivity index (χ0) is 33.7. The van der Waals surface area contributed by atoms with Crippen molar-refractivity contribution in [2.75, 3.05) is 25.0 Å². The number of aliphatic hydroxyl groups excluding tert-OH is 1. The van der Waals surface area contributed by atoms with Gasteiger partial charge in [0.05, 0.1) is 17.2 Å². The molecule has 46 heavy (non-hydrogen) atoms. The number of hydrogen-bond donors (Lipinski definition) is 3. The van der Waals surface area contributed by atoms with Gasteiger partial charge in [-0.2, -0.15) is 4.31 Å². The summed E-state index contributed by atoms with van der Waals surface area (Å²) >= 11 is 0. The van der Waals surface area contributed by atoms with Crippen molar-refractivity contribution >= 4 is 27.6 Å². The molecule has 3 N–H and O–H groups in total. The van der Waals surface area contributed by atoms with Crippen molar-refractivity contribution in [3.63, 3.8) is 0 Å². The van der Waals surface area contributed by atoms with Crippen molar-refractivity contribution in [2.45, 2.75) is 49.7 Å². The largest absolute Gasteiger partial charge is 0.573 e. The second-order valence-electron chi connectivity index (χ2n) is 10.2. The van der Waals surface area contributed by atoms with Gasteiger partial charge < -0.3 is 25.4 Å². The molecule has 0 radical (unpaired) electrons. The highest BCUT2D eigenvalue weighted by Crippen LogP contribution is 2.31. The van der Waals surface area contributed by atoms with Crippen LogP contribution in [0.1, 0.15) is 30.2 Å². The third-order valence-electron chi connectivity index (χ3n) is 7.10. The van der Waals surface area contributed by atoms with Crippen LogP contribution in [0.3, 0.4) is 0 Å². The Bertz CT molecular complexity index is 1640. The van der Waals surface area contributed by atoms with Gasteiger partial charge in [0.2, 0.25) is 15.9 Å². The van der Waals surface area contributed by atoms with E-state index < -0.39 is 63.9 Å². The number of nitrogens with one attached hydrogen (secondary N) is 2. The highest BCUT2D eigenvalue weighted by atomic mass is 32.2. The Morgan fingerprint density at radius 2 is 1.70 bits per heavy atom. The lowest BCUT2D eigenvalue weighted by molar-refractivity contribution is -0.274. The van der Waals surface area contributed by atoms with Crippen molar-refractivity contribution in [1.82, 2.24) is 19.5 Å². The van der Waals surface area contributed by atoms with Gasteiger partial charge in [-0.25, -0.2) is 22.0 Å². The van der Waals surface area contributed by atoms with Crippen LogP contribution in [0.5, 0.6) is 5.75 Å².